The molecule has 0 spiro atoms. The summed E-state index contributed by atoms with van der Waals surface area (Å²) in [6, 6.07) is 3.37. The molecule has 0 bridgehead atoms. The molecule has 1 fully saturated rings. The number of alkyl halides is 3. The Balaban J connectivity index is 1.79. The summed E-state index contributed by atoms with van der Waals surface area (Å²) in [5, 5.41) is 2.54. The van der Waals surface area contributed by atoms with Crippen molar-refractivity contribution in [3.63, 3.8) is 0 Å². The van der Waals surface area contributed by atoms with Crippen LogP contribution in [-0.4, -0.2) is 43.2 Å². The number of carbonyl (C=O) groups is 1. The molecule has 1 N–H and O–H groups in total. The summed E-state index contributed by atoms with van der Waals surface area (Å²) in [5.41, 5.74) is -0.315. The molecular formula is C16H17F5N2O. The molecule has 1 aromatic rings. The van der Waals surface area contributed by atoms with E-state index in [4.69, 9.17) is 0 Å². The minimum absolute atomic E-state index is 0.0742. The van der Waals surface area contributed by atoms with Crippen molar-refractivity contribution in [1.29, 1.82) is 0 Å². The first-order valence-corrected chi connectivity index (χ1v) is 7.43. The van der Waals surface area contributed by atoms with E-state index in [1.807, 2.05) is 0 Å². The van der Waals surface area contributed by atoms with E-state index in [0.29, 0.717) is 13.0 Å². The van der Waals surface area contributed by atoms with Crippen LogP contribution in [0, 0.1) is 17.6 Å². The molecule has 1 heterocycles. The third-order valence-corrected chi connectivity index (χ3v) is 3.74. The van der Waals surface area contributed by atoms with Crippen LogP contribution >= 0.6 is 0 Å². The lowest BCUT2D eigenvalue weighted by Gasteiger charge is -2.17. The second-order valence-corrected chi connectivity index (χ2v) is 5.72. The van der Waals surface area contributed by atoms with Crippen molar-refractivity contribution in [1.82, 2.24) is 10.2 Å². The van der Waals surface area contributed by atoms with Crippen molar-refractivity contribution in [3.05, 3.63) is 41.5 Å². The third kappa shape index (κ3) is 5.59. The predicted molar refractivity (Wildman–Crippen MR) is 79.0 cm³/mol. The number of amides is 1. The Kier molecular flexibility index (Phi) is 5.93. The standard InChI is InChI=1S/C16H17F5N2O/c17-13-2-1-3-14(18)12(13)4-5-15(24)22-8-11-6-7-23(9-11)10-16(19,20)21/h1-5,11H,6-10H2,(H,22,24)/b5-4+. The highest BCUT2D eigenvalue weighted by Gasteiger charge is 2.34. The number of benzene rings is 1. The van der Waals surface area contributed by atoms with E-state index < -0.39 is 30.3 Å². The Morgan fingerprint density at radius 3 is 2.58 bits per heavy atom. The lowest BCUT2D eigenvalue weighted by Crippen LogP contribution is -2.34. The van der Waals surface area contributed by atoms with Gasteiger partial charge in [0.25, 0.3) is 0 Å². The highest BCUT2D eigenvalue weighted by molar-refractivity contribution is 5.91. The van der Waals surface area contributed by atoms with Crippen molar-refractivity contribution < 1.29 is 26.7 Å². The van der Waals surface area contributed by atoms with Gasteiger partial charge in [0.15, 0.2) is 0 Å². The fraction of sp³-hybridized carbons (Fsp3) is 0.438. The average molecular weight is 348 g/mol. The van der Waals surface area contributed by atoms with Crippen LogP contribution in [0.3, 0.4) is 0 Å². The van der Waals surface area contributed by atoms with Crippen LogP contribution in [0.4, 0.5) is 22.0 Å². The van der Waals surface area contributed by atoms with Gasteiger partial charge in [0.05, 0.1) is 6.54 Å². The van der Waals surface area contributed by atoms with Crippen molar-refractivity contribution in [2.24, 2.45) is 5.92 Å². The van der Waals surface area contributed by atoms with E-state index in [0.717, 1.165) is 24.3 Å². The van der Waals surface area contributed by atoms with Crippen LogP contribution in [0.1, 0.15) is 12.0 Å². The van der Waals surface area contributed by atoms with Crippen LogP contribution in [0.15, 0.2) is 24.3 Å². The zero-order valence-corrected chi connectivity index (χ0v) is 12.7. The van der Waals surface area contributed by atoms with E-state index >= 15 is 0 Å². The van der Waals surface area contributed by atoms with Crippen LogP contribution < -0.4 is 5.32 Å². The largest absolute Gasteiger partial charge is 0.401 e. The van der Waals surface area contributed by atoms with E-state index in [1.54, 1.807) is 0 Å². The number of rotatable bonds is 5. The van der Waals surface area contributed by atoms with Gasteiger partial charge in [0, 0.05) is 24.7 Å². The van der Waals surface area contributed by atoms with Crippen molar-refractivity contribution in [2.75, 3.05) is 26.2 Å². The van der Waals surface area contributed by atoms with Gasteiger partial charge in [-0.2, -0.15) is 13.2 Å². The van der Waals surface area contributed by atoms with Crippen LogP contribution in [-0.2, 0) is 4.79 Å². The van der Waals surface area contributed by atoms with Gasteiger partial charge in [-0.3, -0.25) is 9.69 Å². The lowest BCUT2D eigenvalue weighted by atomic mass is 10.1. The second-order valence-electron chi connectivity index (χ2n) is 5.72. The summed E-state index contributed by atoms with van der Waals surface area (Å²) < 4.78 is 63.7. The topological polar surface area (TPSA) is 32.3 Å². The minimum Gasteiger partial charge on any atom is -0.352 e. The van der Waals surface area contributed by atoms with Crippen molar-refractivity contribution in [3.8, 4) is 0 Å². The molecule has 8 heteroatoms. The normalized spacial score (nSPS) is 19.1. The van der Waals surface area contributed by atoms with Gasteiger partial charge < -0.3 is 5.32 Å². The summed E-state index contributed by atoms with van der Waals surface area (Å²) >= 11 is 0. The first kappa shape index (κ1) is 18.4. The van der Waals surface area contributed by atoms with Gasteiger partial charge >= 0.3 is 6.18 Å². The minimum atomic E-state index is -4.23. The molecule has 3 nitrogen and oxygen atoms in total. The van der Waals surface area contributed by atoms with E-state index in [9.17, 15) is 26.7 Å². The van der Waals surface area contributed by atoms with Crippen LogP contribution in [0.5, 0.6) is 0 Å². The molecule has 0 saturated carbocycles. The van der Waals surface area contributed by atoms with Gasteiger partial charge in [-0.25, -0.2) is 8.78 Å². The number of nitrogens with one attached hydrogen (secondary N) is 1. The van der Waals surface area contributed by atoms with Gasteiger partial charge in [-0.15, -0.1) is 0 Å². The molecule has 2 rings (SSSR count). The van der Waals surface area contributed by atoms with Crippen LogP contribution in [0.25, 0.3) is 6.08 Å². The highest BCUT2D eigenvalue weighted by Crippen LogP contribution is 2.22. The van der Waals surface area contributed by atoms with Gasteiger partial charge in [-0.1, -0.05) is 6.07 Å². The molecule has 0 aromatic heterocycles. The molecule has 1 atom stereocenters. The Labute approximate surface area is 136 Å². The second kappa shape index (κ2) is 7.74. The fourth-order valence-electron chi connectivity index (χ4n) is 2.61. The smallest absolute Gasteiger partial charge is 0.352 e. The monoisotopic (exact) mass is 348 g/mol. The molecule has 1 saturated heterocycles. The maximum atomic E-state index is 13.4. The maximum Gasteiger partial charge on any atom is 0.401 e. The first-order valence-electron chi connectivity index (χ1n) is 7.43. The predicted octanol–water partition coefficient (Wildman–Crippen LogP) is 2.98. The van der Waals surface area contributed by atoms with E-state index in [-0.39, 0.29) is 24.6 Å². The molecule has 1 aliphatic heterocycles. The SMILES string of the molecule is O=C(/C=C/c1c(F)cccc1F)NCC1CCN(CC(F)(F)F)C1. The Bertz CT molecular complexity index is 595. The summed E-state index contributed by atoms with van der Waals surface area (Å²) in [6.07, 6.45) is -1.64. The summed E-state index contributed by atoms with van der Waals surface area (Å²) in [4.78, 5) is 13.0. The number of halogens is 5. The summed E-state index contributed by atoms with van der Waals surface area (Å²) in [7, 11) is 0. The zero-order valence-electron chi connectivity index (χ0n) is 12.7. The summed E-state index contributed by atoms with van der Waals surface area (Å²) in [6.45, 7) is -0.150. The van der Waals surface area contributed by atoms with Gasteiger partial charge in [0.2, 0.25) is 5.91 Å². The molecule has 1 aromatic carbocycles. The molecular weight excluding hydrogens is 331 g/mol. The van der Waals surface area contributed by atoms with Gasteiger partial charge in [-0.05, 0) is 37.1 Å². The number of likely N-dealkylation sites (tertiary alicyclic amines) is 1. The highest BCUT2D eigenvalue weighted by atomic mass is 19.4. The Morgan fingerprint density at radius 1 is 1.29 bits per heavy atom. The quantitative estimate of drug-likeness (QED) is 0.655. The lowest BCUT2D eigenvalue weighted by molar-refractivity contribution is -0.143. The average Bonchev–Trinajstić information content (AvgIpc) is 2.90. The molecule has 132 valence electrons. The maximum absolute atomic E-state index is 13.4. The van der Waals surface area contributed by atoms with Crippen molar-refractivity contribution in [2.45, 2.75) is 12.6 Å². The molecule has 1 aliphatic rings. The molecule has 1 unspecified atom stereocenters. The number of hydrogen-bond acceptors (Lipinski definition) is 2. The molecule has 0 radical (unpaired) electrons. The van der Waals surface area contributed by atoms with E-state index in [1.165, 1.54) is 11.0 Å². The van der Waals surface area contributed by atoms with Gasteiger partial charge in [0.1, 0.15) is 11.6 Å². The molecule has 0 aliphatic carbocycles. The molecule has 24 heavy (non-hydrogen) atoms. The van der Waals surface area contributed by atoms with Crippen molar-refractivity contribution >= 4 is 12.0 Å². The van der Waals surface area contributed by atoms with E-state index in [2.05, 4.69) is 5.32 Å². The summed E-state index contributed by atoms with van der Waals surface area (Å²) in [5.74, 6) is -2.18. The number of hydrogen-bond donors (Lipinski definition) is 1. The van der Waals surface area contributed by atoms with Crippen LogP contribution in [0.2, 0.25) is 0 Å². The fourth-order valence-corrected chi connectivity index (χ4v) is 2.61. The zero-order chi connectivity index (χ0) is 17.7. The number of nitrogens with zero attached hydrogens (tertiary/aromatic N) is 1. The first-order chi connectivity index (χ1) is 11.2. The number of carbonyl (C=O) groups excluding carboxylic acids is 1. The third-order valence-electron chi connectivity index (χ3n) is 3.74. The molecule has 1 amide bonds. The Morgan fingerprint density at radius 2 is 1.96 bits per heavy atom. The Hall–Kier alpha value is -1.96.